The van der Waals surface area contributed by atoms with Gasteiger partial charge in [0.25, 0.3) is 0 Å². The van der Waals surface area contributed by atoms with E-state index in [1.54, 1.807) is 0 Å². The second-order valence-electron chi connectivity index (χ2n) is 18.0. The van der Waals surface area contributed by atoms with Crippen molar-refractivity contribution in [2.24, 2.45) is 11.8 Å². The summed E-state index contributed by atoms with van der Waals surface area (Å²) in [5, 5.41) is 2.49. The van der Waals surface area contributed by atoms with E-state index < -0.39 is 0 Å². The van der Waals surface area contributed by atoms with Gasteiger partial charge in [-0.1, -0.05) is 155 Å². The van der Waals surface area contributed by atoms with Gasteiger partial charge in [0.2, 0.25) is 0 Å². The maximum absolute atomic E-state index is 2.44. The highest BCUT2D eigenvalue weighted by molar-refractivity contribution is 5.99. The summed E-state index contributed by atoms with van der Waals surface area (Å²) in [6, 6.07) is 72.2. The molecule has 0 bridgehead atoms. The lowest BCUT2D eigenvalue weighted by Crippen LogP contribution is -2.34. The molecule has 8 aromatic carbocycles. The first-order valence-corrected chi connectivity index (χ1v) is 22.0. The van der Waals surface area contributed by atoms with Crippen molar-refractivity contribution in [3.63, 3.8) is 0 Å². The van der Waals surface area contributed by atoms with Crippen LogP contribution in [-0.4, -0.2) is 0 Å². The van der Waals surface area contributed by atoms with Crippen LogP contribution >= 0.6 is 0 Å². The molecular formula is C58H54N2. The molecule has 0 atom stereocenters. The lowest BCUT2D eigenvalue weighted by atomic mass is 9.61. The van der Waals surface area contributed by atoms with Crippen LogP contribution in [0.5, 0.6) is 0 Å². The average Bonchev–Trinajstić information content (AvgIpc) is 3.53. The highest BCUT2D eigenvalue weighted by Crippen LogP contribution is 2.52. The molecule has 2 nitrogen and oxygen atoms in total. The van der Waals surface area contributed by atoms with E-state index >= 15 is 0 Å². The summed E-state index contributed by atoms with van der Waals surface area (Å²) in [7, 11) is 0. The first-order chi connectivity index (χ1) is 29.3. The second kappa shape index (κ2) is 15.3. The van der Waals surface area contributed by atoms with E-state index in [-0.39, 0.29) is 10.8 Å². The molecule has 0 spiro atoms. The molecule has 60 heavy (non-hydrogen) atoms. The Kier molecular flexibility index (Phi) is 9.68. The van der Waals surface area contributed by atoms with Gasteiger partial charge in [-0.25, -0.2) is 0 Å². The first-order valence-electron chi connectivity index (χ1n) is 22.0. The van der Waals surface area contributed by atoms with Gasteiger partial charge in [-0.2, -0.15) is 0 Å². The second-order valence-corrected chi connectivity index (χ2v) is 18.0. The SMILES string of the molecule is CC(C)C1CCC(c2ccc(N(c3ccccc3)c3ccc4c(c3)C(C)(C)c3ccccc3-4)cc2)(c2ccc(N(c3ccccc3)c3cccc4ccccc34)cc2)CC1. The number of fused-ring (bicyclic) bond motifs is 4. The fourth-order valence-electron chi connectivity index (χ4n) is 10.7. The Hall–Kier alpha value is -6.38. The Morgan fingerprint density at radius 2 is 0.950 bits per heavy atom. The quantitative estimate of drug-likeness (QED) is 0.144. The number of nitrogens with zero attached hydrogens (tertiary/aromatic N) is 2. The van der Waals surface area contributed by atoms with Crippen LogP contribution < -0.4 is 9.80 Å². The molecular weight excluding hydrogens is 725 g/mol. The molecule has 0 radical (unpaired) electrons. The van der Waals surface area contributed by atoms with E-state index in [1.807, 2.05) is 0 Å². The number of benzene rings is 8. The Bertz CT molecular complexity index is 2750. The lowest BCUT2D eigenvalue weighted by Gasteiger charge is -2.43. The summed E-state index contributed by atoms with van der Waals surface area (Å²) in [6.07, 6.45) is 4.75. The zero-order valence-corrected chi connectivity index (χ0v) is 35.4. The number of hydrogen-bond acceptors (Lipinski definition) is 2. The number of rotatable bonds is 9. The van der Waals surface area contributed by atoms with Crippen molar-refractivity contribution in [3.8, 4) is 11.1 Å². The molecule has 296 valence electrons. The number of anilines is 6. The zero-order chi connectivity index (χ0) is 40.8. The Labute approximate surface area is 356 Å². The van der Waals surface area contributed by atoms with Gasteiger partial charge in [0, 0.05) is 44.7 Å². The third kappa shape index (κ3) is 6.50. The van der Waals surface area contributed by atoms with Crippen LogP contribution in [0.1, 0.15) is 75.6 Å². The van der Waals surface area contributed by atoms with Crippen LogP contribution in [0.15, 0.2) is 194 Å². The van der Waals surface area contributed by atoms with Crippen LogP contribution in [0.2, 0.25) is 0 Å². The Balaban J connectivity index is 1.04. The third-order valence-electron chi connectivity index (χ3n) is 14.0. The van der Waals surface area contributed by atoms with Crippen molar-refractivity contribution in [1.82, 2.24) is 0 Å². The highest BCUT2D eigenvalue weighted by Gasteiger charge is 2.40. The van der Waals surface area contributed by atoms with Gasteiger partial charge in [-0.15, -0.1) is 0 Å². The van der Waals surface area contributed by atoms with Crippen LogP contribution in [0.25, 0.3) is 21.9 Å². The van der Waals surface area contributed by atoms with Crippen molar-refractivity contribution < 1.29 is 0 Å². The monoisotopic (exact) mass is 778 g/mol. The van der Waals surface area contributed by atoms with E-state index in [2.05, 4.69) is 232 Å². The minimum Gasteiger partial charge on any atom is -0.310 e. The number of para-hydroxylation sites is 2. The highest BCUT2D eigenvalue weighted by atomic mass is 15.1. The fourth-order valence-corrected chi connectivity index (χ4v) is 10.7. The van der Waals surface area contributed by atoms with Crippen molar-refractivity contribution in [2.75, 3.05) is 9.80 Å². The van der Waals surface area contributed by atoms with Gasteiger partial charge in [-0.3, -0.25) is 0 Å². The minimum absolute atomic E-state index is 0.0690. The Morgan fingerprint density at radius 3 is 1.60 bits per heavy atom. The molecule has 0 amide bonds. The van der Waals surface area contributed by atoms with Crippen LogP contribution in [0.4, 0.5) is 34.1 Å². The summed E-state index contributed by atoms with van der Waals surface area (Å²) in [4.78, 5) is 4.85. The van der Waals surface area contributed by atoms with Crippen LogP contribution in [0, 0.1) is 11.8 Å². The summed E-state index contributed by atoms with van der Waals surface area (Å²) >= 11 is 0. The van der Waals surface area contributed by atoms with Gasteiger partial charge in [0.1, 0.15) is 0 Å². The molecule has 2 aliphatic carbocycles. The van der Waals surface area contributed by atoms with Gasteiger partial charge in [0.15, 0.2) is 0 Å². The van der Waals surface area contributed by atoms with Gasteiger partial charge >= 0.3 is 0 Å². The molecule has 10 rings (SSSR count). The van der Waals surface area contributed by atoms with E-state index in [0.29, 0.717) is 5.92 Å². The molecule has 2 heteroatoms. The standard InChI is InChI=1S/C58H54N2/c1-41(2)42-36-38-58(39-37-42,45-28-32-49(33-29-45)60(47-20-9-6-10-21-47)56-25-15-17-43-16-11-12-22-51(43)56)44-26-30-48(31-27-44)59(46-18-7-5-8-19-46)50-34-35-53-52-23-13-14-24-54(52)57(3,4)55(53)40-50/h5-35,40-42H,36-39H2,1-4H3. The molecule has 0 saturated heterocycles. The topological polar surface area (TPSA) is 6.48 Å². The van der Waals surface area contributed by atoms with E-state index in [1.165, 1.54) is 79.7 Å². The van der Waals surface area contributed by atoms with E-state index in [4.69, 9.17) is 0 Å². The predicted molar refractivity (Wildman–Crippen MR) is 255 cm³/mol. The predicted octanol–water partition coefficient (Wildman–Crippen LogP) is 16.2. The van der Waals surface area contributed by atoms with Gasteiger partial charge in [0.05, 0.1) is 5.69 Å². The maximum atomic E-state index is 2.44. The fraction of sp³-hybridized carbons (Fsp3) is 0.207. The minimum atomic E-state index is -0.0715. The summed E-state index contributed by atoms with van der Waals surface area (Å²) in [5.74, 6) is 1.44. The molecule has 2 aliphatic rings. The average molecular weight is 779 g/mol. The van der Waals surface area contributed by atoms with E-state index in [9.17, 15) is 0 Å². The van der Waals surface area contributed by atoms with E-state index in [0.717, 1.165) is 30.1 Å². The first kappa shape index (κ1) is 37.9. The summed E-state index contributed by atoms with van der Waals surface area (Å²) in [5.41, 5.74) is 15.2. The van der Waals surface area contributed by atoms with Gasteiger partial charge in [-0.05, 0) is 143 Å². The van der Waals surface area contributed by atoms with Gasteiger partial charge < -0.3 is 9.80 Å². The number of hydrogen-bond donors (Lipinski definition) is 0. The molecule has 0 N–H and O–H groups in total. The summed E-state index contributed by atoms with van der Waals surface area (Å²) in [6.45, 7) is 9.55. The maximum Gasteiger partial charge on any atom is 0.0540 e. The van der Waals surface area contributed by atoms with Crippen molar-refractivity contribution in [1.29, 1.82) is 0 Å². The molecule has 0 heterocycles. The smallest absolute Gasteiger partial charge is 0.0540 e. The summed E-state index contributed by atoms with van der Waals surface area (Å²) < 4.78 is 0. The van der Waals surface area contributed by atoms with Crippen molar-refractivity contribution in [3.05, 3.63) is 216 Å². The normalized spacial score (nSPS) is 17.9. The lowest BCUT2D eigenvalue weighted by molar-refractivity contribution is 0.217. The molecule has 0 aromatic heterocycles. The third-order valence-corrected chi connectivity index (χ3v) is 14.0. The van der Waals surface area contributed by atoms with Crippen LogP contribution in [0.3, 0.4) is 0 Å². The molecule has 0 unspecified atom stereocenters. The molecule has 0 aliphatic heterocycles. The molecule has 1 fully saturated rings. The van der Waals surface area contributed by atoms with Crippen molar-refractivity contribution in [2.45, 2.75) is 64.2 Å². The Morgan fingerprint density at radius 1 is 0.450 bits per heavy atom. The van der Waals surface area contributed by atoms with Crippen molar-refractivity contribution >= 4 is 44.9 Å². The van der Waals surface area contributed by atoms with Crippen LogP contribution in [-0.2, 0) is 10.8 Å². The molecule has 1 saturated carbocycles. The zero-order valence-electron chi connectivity index (χ0n) is 35.4. The molecule has 8 aromatic rings. The largest absolute Gasteiger partial charge is 0.310 e.